The number of nitrogens with zero attached hydrogens (tertiary/aromatic N) is 2. The molecular formula is C17H23N3O. The number of aromatic nitrogens is 2. The van der Waals surface area contributed by atoms with Gasteiger partial charge in [0, 0.05) is 19.3 Å². The molecule has 4 nitrogen and oxygen atoms in total. The van der Waals surface area contributed by atoms with Gasteiger partial charge in [-0.3, -0.25) is 0 Å². The van der Waals surface area contributed by atoms with Crippen molar-refractivity contribution in [3.05, 3.63) is 48.3 Å². The second kappa shape index (κ2) is 6.87. The molecule has 1 aromatic carbocycles. The summed E-state index contributed by atoms with van der Waals surface area (Å²) in [5.74, 6) is 1.10. The molecule has 2 N–H and O–H groups in total. The summed E-state index contributed by atoms with van der Waals surface area (Å²) >= 11 is 0. The minimum Gasteiger partial charge on any atom is -0.396 e. The Morgan fingerprint density at radius 1 is 1.14 bits per heavy atom. The summed E-state index contributed by atoms with van der Waals surface area (Å²) in [6.45, 7) is 2.09. The first-order chi connectivity index (χ1) is 10.4. The Bertz CT molecular complexity index is 552. The van der Waals surface area contributed by atoms with E-state index in [4.69, 9.17) is 0 Å². The molecule has 1 aliphatic carbocycles. The largest absolute Gasteiger partial charge is 0.396 e. The minimum atomic E-state index is 0.328. The van der Waals surface area contributed by atoms with Crippen LogP contribution in [-0.2, 0) is 6.54 Å². The van der Waals surface area contributed by atoms with Crippen LogP contribution in [0.5, 0.6) is 0 Å². The zero-order valence-electron chi connectivity index (χ0n) is 12.3. The zero-order valence-corrected chi connectivity index (χ0v) is 12.3. The SMILES string of the molecule is OCC1CCCC1CNCc1ccn(-c2ccccc2)n1. The Morgan fingerprint density at radius 2 is 1.95 bits per heavy atom. The number of aliphatic hydroxyl groups excluding tert-OH is 1. The maximum atomic E-state index is 9.34. The molecule has 3 rings (SSSR count). The normalized spacial score (nSPS) is 21.8. The minimum absolute atomic E-state index is 0.328. The van der Waals surface area contributed by atoms with Gasteiger partial charge in [-0.1, -0.05) is 24.6 Å². The van der Waals surface area contributed by atoms with Crippen molar-refractivity contribution in [2.45, 2.75) is 25.8 Å². The smallest absolute Gasteiger partial charge is 0.0766 e. The van der Waals surface area contributed by atoms with E-state index in [2.05, 4.69) is 28.6 Å². The number of aliphatic hydroxyl groups is 1. The van der Waals surface area contributed by atoms with Gasteiger partial charge in [-0.05, 0) is 49.4 Å². The van der Waals surface area contributed by atoms with Crippen LogP contribution in [-0.4, -0.2) is 28.0 Å². The van der Waals surface area contributed by atoms with Gasteiger partial charge in [0.05, 0.1) is 11.4 Å². The molecule has 21 heavy (non-hydrogen) atoms. The first-order valence-corrected chi connectivity index (χ1v) is 7.78. The highest BCUT2D eigenvalue weighted by Gasteiger charge is 2.25. The van der Waals surface area contributed by atoms with E-state index in [-0.39, 0.29) is 0 Å². The lowest BCUT2D eigenvalue weighted by molar-refractivity contribution is 0.192. The highest BCUT2D eigenvalue weighted by molar-refractivity contribution is 5.30. The molecule has 2 atom stereocenters. The molecule has 1 fully saturated rings. The van der Waals surface area contributed by atoms with Gasteiger partial charge >= 0.3 is 0 Å². The van der Waals surface area contributed by atoms with Crippen molar-refractivity contribution < 1.29 is 5.11 Å². The van der Waals surface area contributed by atoms with E-state index in [1.54, 1.807) is 0 Å². The number of hydrogen-bond donors (Lipinski definition) is 2. The van der Waals surface area contributed by atoms with Gasteiger partial charge in [-0.25, -0.2) is 4.68 Å². The number of benzene rings is 1. The Balaban J connectivity index is 1.51. The third-order valence-electron chi connectivity index (χ3n) is 4.43. The molecule has 0 aliphatic heterocycles. The van der Waals surface area contributed by atoms with Crippen LogP contribution in [0.15, 0.2) is 42.6 Å². The second-order valence-electron chi connectivity index (χ2n) is 5.85. The standard InChI is InChI=1S/C17H23N3O/c21-13-15-6-4-5-14(15)11-18-12-16-9-10-20(19-16)17-7-2-1-3-8-17/h1-3,7-10,14-15,18,21H,4-6,11-13H2. The summed E-state index contributed by atoms with van der Waals surface area (Å²) in [5.41, 5.74) is 2.14. The molecule has 2 unspecified atom stereocenters. The molecule has 0 saturated heterocycles. The molecular weight excluding hydrogens is 262 g/mol. The van der Waals surface area contributed by atoms with E-state index in [9.17, 15) is 5.11 Å². The predicted octanol–water partition coefficient (Wildman–Crippen LogP) is 2.37. The Labute approximate surface area is 125 Å². The van der Waals surface area contributed by atoms with E-state index in [1.165, 1.54) is 19.3 Å². The highest BCUT2D eigenvalue weighted by Crippen LogP contribution is 2.30. The van der Waals surface area contributed by atoms with Crippen molar-refractivity contribution in [3.63, 3.8) is 0 Å². The number of para-hydroxylation sites is 1. The maximum absolute atomic E-state index is 9.34. The average Bonchev–Trinajstić information content (AvgIpc) is 3.17. The van der Waals surface area contributed by atoms with Gasteiger partial charge in [0.1, 0.15) is 0 Å². The zero-order chi connectivity index (χ0) is 14.5. The van der Waals surface area contributed by atoms with Crippen molar-refractivity contribution in [2.24, 2.45) is 11.8 Å². The molecule has 1 saturated carbocycles. The van der Waals surface area contributed by atoms with E-state index < -0.39 is 0 Å². The fourth-order valence-corrected chi connectivity index (χ4v) is 3.19. The average molecular weight is 285 g/mol. The fraction of sp³-hybridized carbons (Fsp3) is 0.471. The summed E-state index contributed by atoms with van der Waals surface area (Å²) < 4.78 is 1.91. The van der Waals surface area contributed by atoms with Crippen molar-refractivity contribution in [1.29, 1.82) is 0 Å². The van der Waals surface area contributed by atoms with Crippen LogP contribution in [0.2, 0.25) is 0 Å². The fourth-order valence-electron chi connectivity index (χ4n) is 3.19. The number of rotatable bonds is 6. The van der Waals surface area contributed by atoms with E-state index >= 15 is 0 Å². The van der Waals surface area contributed by atoms with Gasteiger partial charge in [0.2, 0.25) is 0 Å². The maximum Gasteiger partial charge on any atom is 0.0766 e. The third kappa shape index (κ3) is 3.52. The molecule has 0 bridgehead atoms. The monoisotopic (exact) mass is 285 g/mol. The quantitative estimate of drug-likeness (QED) is 0.856. The lowest BCUT2D eigenvalue weighted by Gasteiger charge is -2.17. The summed E-state index contributed by atoms with van der Waals surface area (Å²) in [7, 11) is 0. The van der Waals surface area contributed by atoms with Crippen LogP contribution in [0.4, 0.5) is 0 Å². The molecule has 2 aromatic rings. The summed E-state index contributed by atoms with van der Waals surface area (Å²) in [6, 6.07) is 12.2. The summed E-state index contributed by atoms with van der Waals surface area (Å²) in [4.78, 5) is 0. The molecule has 0 radical (unpaired) electrons. The Kier molecular flexibility index (Phi) is 4.68. The van der Waals surface area contributed by atoms with Crippen LogP contribution in [0.3, 0.4) is 0 Å². The number of hydrogen-bond acceptors (Lipinski definition) is 3. The molecule has 1 aromatic heterocycles. The van der Waals surface area contributed by atoms with E-state index in [0.29, 0.717) is 18.4 Å². The van der Waals surface area contributed by atoms with E-state index in [0.717, 1.165) is 24.5 Å². The first-order valence-electron chi connectivity index (χ1n) is 7.78. The topological polar surface area (TPSA) is 50.1 Å². The van der Waals surface area contributed by atoms with Crippen LogP contribution >= 0.6 is 0 Å². The highest BCUT2D eigenvalue weighted by atomic mass is 16.3. The predicted molar refractivity (Wildman–Crippen MR) is 83.2 cm³/mol. The van der Waals surface area contributed by atoms with Crippen LogP contribution in [0, 0.1) is 11.8 Å². The van der Waals surface area contributed by atoms with Crippen molar-refractivity contribution in [3.8, 4) is 5.69 Å². The summed E-state index contributed by atoms with van der Waals surface area (Å²) in [5, 5.41) is 17.4. The van der Waals surface area contributed by atoms with Crippen LogP contribution in [0.1, 0.15) is 25.0 Å². The molecule has 112 valence electrons. The first kappa shape index (κ1) is 14.3. The van der Waals surface area contributed by atoms with Crippen molar-refractivity contribution in [1.82, 2.24) is 15.1 Å². The van der Waals surface area contributed by atoms with Crippen molar-refractivity contribution in [2.75, 3.05) is 13.2 Å². The second-order valence-corrected chi connectivity index (χ2v) is 5.85. The lowest BCUT2D eigenvalue weighted by Crippen LogP contribution is -2.26. The molecule has 4 heteroatoms. The van der Waals surface area contributed by atoms with Gasteiger partial charge in [-0.15, -0.1) is 0 Å². The van der Waals surface area contributed by atoms with Crippen molar-refractivity contribution >= 4 is 0 Å². The summed E-state index contributed by atoms with van der Waals surface area (Å²) in [6.07, 6.45) is 5.65. The third-order valence-corrected chi connectivity index (χ3v) is 4.43. The van der Waals surface area contributed by atoms with Crippen LogP contribution < -0.4 is 5.32 Å². The number of nitrogens with one attached hydrogen (secondary N) is 1. The molecule has 1 heterocycles. The van der Waals surface area contributed by atoms with Gasteiger partial charge in [0.15, 0.2) is 0 Å². The molecule has 0 spiro atoms. The lowest BCUT2D eigenvalue weighted by atomic mass is 9.97. The Hall–Kier alpha value is -1.65. The van der Waals surface area contributed by atoms with E-state index in [1.807, 2.05) is 29.1 Å². The molecule has 0 amide bonds. The Morgan fingerprint density at radius 3 is 2.76 bits per heavy atom. The van der Waals surface area contributed by atoms with Gasteiger partial charge < -0.3 is 10.4 Å². The van der Waals surface area contributed by atoms with Gasteiger partial charge in [0.25, 0.3) is 0 Å². The van der Waals surface area contributed by atoms with Crippen LogP contribution in [0.25, 0.3) is 5.69 Å². The molecule has 1 aliphatic rings. The van der Waals surface area contributed by atoms with Gasteiger partial charge in [-0.2, -0.15) is 5.10 Å².